The van der Waals surface area contributed by atoms with Crippen molar-refractivity contribution in [1.82, 2.24) is 39.7 Å². The molecule has 296 valence electrons. The number of nitrogens with zero attached hydrogens (tertiary/aromatic N) is 8. The van der Waals surface area contributed by atoms with Gasteiger partial charge in [-0.25, -0.2) is 9.59 Å². The van der Waals surface area contributed by atoms with Gasteiger partial charge in [-0.1, -0.05) is 24.5 Å². The molecule has 2 aromatic heterocycles. The fourth-order valence-electron chi connectivity index (χ4n) is 7.22. The highest BCUT2D eigenvalue weighted by Gasteiger charge is 2.29. The van der Waals surface area contributed by atoms with E-state index in [0.717, 1.165) is 74.5 Å². The van der Waals surface area contributed by atoms with Crippen LogP contribution in [0.15, 0.2) is 6.20 Å². The van der Waals surface area contributed by atoms with Crippen LogP contribution in [0.2, 0.25) is 0 Å². The van der Waals surface area contributed by atoms with Crippen LogP contribution in [0.4, 0.5) is 27.2 Å². The number of rotatable bonds is 14. The summed E-state index contributed by atoms with van der Waals surface area (Å²) >= 11 is 0. The third-order valence-electron chi connectivity index (χ3n) is 10.0. The second kappa shape index (κ2) is 18.4. The Bertz CT molecular complexity index is 1470. The lowest BCUT2D eigenvalue weighted by molar-refractivity contribution is 0.0206. The van der Waals surface area contributed by atoms with E-state index in [1.165, 1.54) is 32.1 Å². The van der Waals surface area contributed by atoms with Gasteiger partial charge < -0.3 is 40.1 Å². The molecule has 5 rings (SSSR count). The Balaban J connectivity index is 1.11. The quantitative estimate of drug-likeness (QED) is 0.204. The summed E-state index contributed by atoms with van der Waals surface area (Å²) in [6.45, 7) is 16.8. The topological polar surface area (TPSA) is 155 Å². The number of carbonyl (C=O) groups is 2. The molecule has 53 heavy (non-hydrogen) atoms. The van der Waals surface area contributed by atoms with Crippen molar-refractivity contribution in [1.29, 1.82) is 0 Å². The highest BCUT2D eigenvalue weighted by molar-refractivity contribution is 5.69. The molecule has 0 aromatic carbocycles. The maximum atomic E-state index is 13.1. The monoisotopic (exact) mass is 740 g/mol. The number of ether oxygens (including phenoxy) is 2. The number of amides is 2. The average molecular weight is 740 g/mol. The van der Waals surface area contributed by atoms with Crippen LogP contribution in [0, 0.1) is 0 Å². The van der Waals surface area contributed by atoms with Crippen LogP contribution >= 0.6 is 0 Å². The number of nitrogens with one attached hydrogen (secondary N) is 3. The number of anilines is 3. The third-order valence-corrected chi connectivity index (χ3v) is 10.0. The molecule has 0 atom stereocenters. The van der Waals surface area contributed by atoms with Crippen LogP contribution in [-0.4, -0.2) is 121 Å². The molecule has 1 saturated carbocycles. The molecule has 15 nitrogen and oxygen atoms in total. The highest BCUT2D eigenvalue weighted by atomic mass is 16.6. The molecule has 2 aromatic rings. The van der Waals surface area contributed by atoms with Crippen molar-refractivity contribution in [3.8, 4) is 0 Å². The Morgan fingerprint density at radius 2 is 1.64 bits per heavy atom. The van der Waals surface area contributed by atoms with Crippen LogP contribution in [0.25, 0.3) is 0 Å². The van der Waals surface area contributed by atoms with E-state index in [9.17, 15) is 9.59 Å². The zero-order valence-electron chi connectivity index (χ0n) is 33.4. The third kappa shape index (κ3) is 12.9. The van der Waals surface area contributed by atoms with Crippen molar-refractivity contribution in [2.24, 2.45) is 0 Å². The van der Waals surface area contributed by atoms with Crippen molar-refractivity contribution in [3.05, 3.63) is 17.5 Å². The molecular formula is C38H65N11O4. The van der Waals surface area contributed by atoms with Gasteiger partial charge in [0.2, 0.25) is 5.95 Å². The van der Waals surface area contributed by atoms with Gasteiger partial charge in [0.15, 0.2) is 0 Å². The van der Waals surface area contributed by atoms with Gasteiger partial charge in [0.05, 0.1) is 12.7 Å². The SMILES string of the molecule is CN(CCCN(CCCn1cc(CNc2nc3c(c(NC4CCN(C(=O)OC(C)(C)C)CC4)n2)CCCN3)nn1)C(=O)OC(C)(C)C)C1CCCCC1. The minimum Gasteiger partial charge on any atom is -0.444 e. The lowest BCUT2D eigenvalue weighted by atomic mass is 9.94. The maximum Gasteiger partial charge on any atom is 0.410 e. The van der Waals surface area contributed by atoms with E-state index < -0.39 is 11.2 Å². The number of hydrogen-bond acceptors (Lipinski definition) is 12. The van der Waals surface area contributed by atoms with Gasteiger partial charge >= 0.3 is 12.2 Å². The summed E-state index contributed by atoms with van der Waals surface area (Å²) in [5.74, 6) is 2.20. The second-order valence-electron chi connectivity index (χ2n) is 16.9. The van der Waals surface area contributed by atoms with Crippen LogP contribution in [0.5, 0.6) is 0 Å². The molecule has 2 amide bonds. The zero-order valence-corrected chi connectivity index (χ0v) is 33.4. The Morgan fingerprint density at radius 3 is 2.36 bits per heavy atom. The van der Waals surface area contributed by atoms with Crippen molar-refractivity contribution >= 4 is 29.8 Å². The standard InChI is InChI=1S/C38H65N11O4/c1-37(2,3)52-35(50)47(21-12-20-46(7)30-14-9-8-10-15-30)22-13-23-49-27-29(44-45-49)26-40-34-42-32-31(16-11-19-39-32)33(43-34)41-28-17-24-48(25-18-28)36(51)53-38(4,5)6/h27-28,30H,8-26H2,1-7H3,(H3,39,40,41,42,43). The van der Waals surface area contributed by atoms with Crippen LogP contribution < -0.4 is 16.0 Å². The largest absolute Gasteiger partial charge is 0.444 e. The average Bonchev–Trinajstić information content (AvgIpc) is 3.57. The fourth-order valence-corrected chi connectivity index (χ4v) is 7.22. The Labute approximate surface area is 316 Å². The normalized spacial score (nSPS) is 17.2. The summed E-state index contributed by atoms with van der Waals surface area (Å²) in [6.07, 6.45) is 13.1. The summed E-state index contributed by atoms with van der Waals surface area (Å²) in [5.41, 5.74) is 0.821. The van der Waals surface area contributed by atoms with Crippen molar-refractivity contribution in [2.45, 2.75) is 149 Å². The number of fused-ring (bicyclic) bond motifs is 1. The van der Waals surface area contributed by atoms with Crippen molar-refractivity contribution in [3.63, 3.8) is 0 Å². The molecular weight excluding hydrogens is 674 g/mol. The first-order valence-corrected chi connectivity index (χ1v) is 19.9. The number of likely N-dealkylation sites (tertiary alicyclic amines) is 1. The van der Waals surface area contributed by atoms with Gasteiger partial charge in [0.25, 0.3) is 0 Å². The van der Waals surface area contributed by atoms with Crippen LogP contribution in [0.1, 0.15) is 117 Å². The summed E-state index contributed by atoms with van der Waals surface area (Å²) in [6, 6.07) is 0.849. The Hall–Kier alpha value is -3.88. The first-order chi connectivity index (χ1) is 25.2. The lowest BCUT2D eigenvalue weighted by Crippen LogP contribution is -2.44. The molecule has 0 radical (unpaired) electrons. The second-order valence-corrected chi connectivity index (χ2v) is 16.9. The molecule has 2 aliphatic heterocycles. The molecule has 4 heterocycles. The van der Waals surface area contributed by atoms with Crippen molar-refractivity contribution in [2.75, 3.05) is 62.3 Å². The number of piperidine rings is 1. The van der Waals surface area contributed by atoms with E-state index in [1.54, 1.807) is 4.90 Å². The van der Waals surface area contributed by atoms with Gasteiger partial charge in [-0.3, -0.25) is 4.68 Å². The van der Waals surface area contributed by atoms with E-state index in [4.69, 9.17) is 19.4 Å². The predicted octanol–water partition coefficient (Wildman–Crippen LogP) is 6.13. The minimum atomic E-state index is -0.544. The summed E-state index contributed by atoms with van der Waals surface area (Å²) < 4.78 is 13.2. The molecule has 1 aliphatic carbocycles. The van der Waals surface area contributed by atoms with E-state index in [0.29, 0.717) is 51.3 Å². The van der Waals surface area contributed by atoms with E-state index in [-0.39, 0.29) is 18.2 Å². The Morgan fingerprint density at radius 1 is 0.925 bits per heavy atom. The Kier molecular flexibility index (Phi) is 14.0. The number of hydrogen-bond donors (Lipinski definition) is 3. The van der Waals surface area contributed by atoms with Gasteiger partial charge in [0.1, 0.15) is 28.5 Å². The molecule has 15 heteroatoms. The van der Waals surface area contributed by atoms with E-state index in [1.807, 2.05) is 57.3 Å². The summed E-state index contributed by atoms with van der Waals surface area (Å²) in [5, 5.41) is 19.2. The highest BCUT2D eigenvalue weighted by Crippen LogP contribution is 2.30. The molecule has 0 bridgehead atoms. The van der Waals surface area contributed by atoms with Gasteiger partial charge in [0, 0.05) is 56.9 Å². The molecule has 3 N–H and O–H groups in total. The summed E-state index contributed by atoms with van der Waals surface area (Å²) in [7, 11) is 2.22. The van der Waals surface area contributed by atoms with Crippen LogP contribution in [-0.2, 0) is 29.0 Å². The van der Waals surface area contributed by atoms with Crippen molar-refractivity contribution < 1.29 is 19.1 Å². The molecule has 0 spiro atoms. The van der Waals surface area contributed by atoms with Gasteiger partial charge in [-0.15, -0.1) is 5.10 Å². The van der Waals surface area contributed by atoms with Gasteiger partial charge in [-0.2, -0.15) is 9.97 Å². The fraction of sp³-hybridized carbons (Fsp3) is 0.789. The maximum absolute atomic E-state index is 13.1. The summed E-state index contributed by atoms with van der Waals surface area (Å²) in [4.78, 5) is 41.5. The smallest absolute Gasteiger partial charge is 0.410 e. The van der Waals surface area contributed by atoms with Gasteiger partial charge in [-0.05, 0) is 107 Å². The number of aryl methyl sites for hydroxylation is 1. The van der Waals surface area contributed by atoms with E-state index >= 15 is 0 Å². The zero-order chi connectivity index (χ0) is 38.0. The van der Waals surface area contributed by atoms with E-state index in [2.05, 4.69) is 38.2 Å². The lowest BCUT2D eigenvalue weighted by Gasteiger charge is -2.34. The molecule has 0 unspecified atom stereocenters. The first-order valence-electron chi connectivity index (χ1n) is 19.9. The molecule has 1 saturated heterocycles. The van der Waals surface area contributed by atoms with Crippen LogP contribution in [0.3, 0.4) is 0 Å². The minimum absolute atomic E-state index is 0.191. The first kappa shape index (κ1) is 40.3. The molecule has 2 fully saturated rings. The predicted molar refractivity (Wildman–Crippen MR) is 207 cm³/mol. The molecule has 3 aliphatic rings. The number of carbonyl (C=O) groups excluding carboxylic acids is 2. The number of aromatic nitrogens is 5.